The number of thiophene rings is 1. The summed E-state index contributed by atoms with van der Waals surface area (Å²) in [7, 11) is 2.10. The lowest BCUT2D eigenvalue weighted by Gasteiger charge is -2.17. The molecule has 0 fully saturated rings. The molecule has 4 rings (SSSR count). The number of nitrogens with one attached hydrogen (secondary N) is 1. The maximum Gasteiger partial charge on any atom is 0.139 e. The van der Waals surface area contributed by atoms with Crippen LogP contribution < -0.4 is 4.31 Å². The first-order valence-corrected chi connectivity index (χ1v) is 12.1. The number of thioether (sulfide) groups is 1. The number of hydrogen-bond acceptors (Lipinski definition) is 7. The molecule has 27 heavy (non-hydrogen) atoms. The van der Waals surface area contributed by atoms with Gasteiger partial charge in [0.15, 0.2) is 0 Å². The fourth-order valence-electron chi connectivity index (χ4n) is 2.75. The third-order valence-corrected chi connectivity index (χ3v) is 8.12. The first kappa shape index (κ1) is 18.9. The molecule has 0 saturated carbocycles. The average Bonchev–Trinajstić information content (AvgIpc) is 3.41. The second kappa shape index (κ2) is 8.70. The van der Waals surface area contributed by atoms with E-state index in [1.807, 2.05) is 6.20 Å². The number of anilines is 1. The van der Waals surface area contributed by atoms with Crippen molar-refractivity contribution in [3.63, 3.8) is 0 Å². The molecule has 2 N–H and O–H groups in total. The van der Waals surface area contributed by atoms with Gasteiger partial charge >= 0.3 is 0 Å². The normalized spacial score (nSPS) is 11.3. The predicted octanol–water partition coefficient (Wildman–Crippen LogP) is 5.72. The zero-order valence-electron chi connectivity index (χ0n) is 14.7. The van der Waals surface area contributed by atoms with Crippen LogP contribution in [0.1, 0.15) is 4.88 Å². The quantitative estimate of drug-likeness (QED) is 0.275. The maximum atomic E-state index is 8.92. The third-order valence-electron chi connectivity index (χ3n) is 3.96. The molecule has 0 unspecified atom stereocenters. The van der Waals surface area contributed by atoms with Crippen LogP contribution in [0.15, 0.2) is 52.2 Å². The Morgan fingerprint density at radius 1 is 1.26 bits per heavy atom. The van der Waals surface area contributed by atoms with Crippen LogP contribution in [-0.4, -0.2) is 34.5 Å². The molecular formula is C19H19N3OS4. The van der Waals surface area contributed by atoms with Crippen molar-refractivity contribution in [2.75, 3.05) is 23.7 Å². The topological polar surface area (TPSA) is 52.1 Å². The first-order valence-electron chi connectivity index (χ1n) is 8.45. The zero-order valence-corrected chi connectivity index (χ0v) is 18.0. The Morgan fingerprint density at radius 2 is 2.19 bits per heavy atom. The Hall–Kier alpha value is -1.45. The molecule has 1 aromatic carbocycles. The van der Waals surface area contributed by atoms with Gasteiger partial charge in [-0.25, -0.2) is 4.98 Å². The summed E-state index contributed by atoms with van der Waals surface area (Å²) >= 11 is 6.92. The van der Waals surface area contributed by atoms with Crippen molar-refractivity contribution in [2.24, 2.45) is 0 Å². The number of nitrogens with zero attached hydrogens (tertiary/aromatic N) is 2. The Morgan fingerprint density at radius 3 is 3.00 bits per heavy atom. The Labute approximate surface area is 174 Å². The molecule has 0 amide bonds. The van der Waals surface area contributed by atoms with E-state index in [1.165, 1.54) is 14.5 Å². The number of aliphatic hydroxyl groups is 1. The van der Waals surface area contributed by atoms with Gasteiger partial charge in [-0.15, -0.1) is 22.7 Å². The van der Waals surface area contributed by atoms with E-state index >= 15 is 0 Å². The lowest BCUT2D eigenvalue weighted by atomic mass is 10.2. The predicted molar refractivity (Wildman–Crippen MR) is 121 cm³/mol. The summed E-state index contributed by atoms with van der Waals surface area (Å²) in [6.07, 6.45) is 1.94. The van der Waals surface area contributed by atoms with E-state index in [2.05, 4.69) is 63.1 Å². The van der Waals surface area contributed by atoms with Crippen molar-refractivity contribution in [3.05, 3.63) is 52.9 Å². The summed E-state index contributed by atoms with van der Waals surface area (Å²) in [4.78, 5) is 9.39. The SMILES string of the molecule is CN(Sc1cccs1)c1cccc2cc(-c3ncc(CSCCO)s3)[nH]c12. The van der Waals surface area contributed by atoms with Gasteiger partial charge in [-0.1, -0.05) is 18.2 Å². The van der Waals surface area contributed by atoms with E-state index in [0.29, 0.717) is 0 Å². The first-order chi connectivity index (χ1) is 13.2. The number of thiazole rings is 1. The highest BCUT2D eigenvalue weighted by atomic mass is 32.2. The number of aromatic nitrogens is 2. The molecule has 0 spiro atoms. The highest BCUT2D eigenvalue weighted by Gasteiger charge is 2.13. The summed E-state index contributed by atoms with van der Waals surface area (Å²) in [5, 5.41) is 13.2. The minimum Gasteiger partial charge on any atom is -0.396 e. The molecule has 140 valence electrons. The van der Waals surface area contributed by atoms with E-state index in [1.54, 1.807) is 46.4 Å². The molecule has 0 atom stereocenters. The van der Waals surface area contributed by atoms with Crippen molar-refractivity contribution in [1.29, 1.82) is 0 Å². The molecule has 0 aliphatic heterocycles. The van der Waals surface area contributed by atoms with Gasteiger partial charge in [-0.2, -0.15) is 11.8 Å². The van der Waals surface area contributed by atoms with Crippen LogP contribution in [0, 0.1) is 0 Å². The molecule has 3 heterocycles. The van der Waals surface area contributed by atoms with Crippen molar-refractivity contribution >= 4 is 63.0 Å². The standard InChI is InChI=1S/C19H19N3OS4/c1-22(27-17-6-3-8-25-17)16-5-2-4-13-10-15(21-18(13)16)19-20-11-14(26-19)12-24-9-7-23/h2-6,8,10-11,21,23H,7,9,12H2,1H3. The van der Waals surface area contributed by atoms with Crippen LogP contribution in [0.25, 0.3) is 21.6 Å². The number of aliphatic hydroxyl groups excluding tert-OH is 1. The van der Waals surface area contributed by atoms with Crippen molar-refractivity contribution in [2.45, 2.75) is 9.96 Å². The monoisotopic (exact) mass is 433 g/mol. The van der Waals surface area contributed by atoms with E-state index in [0.717, 1.165) is 33.4 Å². The summed E-state index contributed by atoms with van der Waals surface area (Å²) in [6.45, 7) is 0.220. The molecule has 0 aliphatic rings. The largest absolute Gasteiger partial charge is 0.396 e. The zero-order chi connectivity index (χ0) is 18.6. The fraction of sp³-hybridized carbons (Fsp3) is 0.211. The van der Waals surface area contributed by atoms with E-state index in [4.69, 9.17) is 5.11 Å². The van der Waals surface area contributed by atoms with Gasteiger partial charge in [0.25, 0.3) is 0 Å². The lowest BCUT2D eigenvalue weighted by Crippen LogP contribution is -2.05. The minimum atomic E-state index is 0.220. The Kier molecular flexibility index (Phi) is 6.09. The smallest absolute Gasteiger partial charge is 0.139 e. The van der Waals surface area contributed by atoms with Crippen molar-refractivity contribution < 1.29 is 5.11 Å². The van der Waals surface area contributed by atoms with Crippen LogP contribution in [0.5, 0.6) is 0 Å². The number of para-hydroxylation sites is 1. The molecule has 4 aromatic rings. The average molecular weight is 434 g/mol. The van der Waals surface area contributed by atoms with Crippen LogP contribution in [0.2, 0.25) is 0 Å². The summed E-state index contributed by atoms with van der Waals surface area (Å²) < 4.78 is 3.47. The van der Waals surface area contributed by atoms with Crippen LogP contribution >= 0.6 is 46.4 Å². The highest BCUT2D eigenvalue weighted by Crippen LogP contribution is 2.37. The van der Waals surface area contributed by atoms with E-state index in [9.17, 15) is 0 Å². The van der Waals surface area contributed by atoms with E-state index in [-0.39, 0.29) is 6.61 Å². The number of benzene rings is 1. The Balaban J connectivity index is 1.59. The van der Waals surface area contributed by atoms with Gasteiger partial charge in [0.2, 0.25) is 0 Å². The summed E-state index contributed by atoms with van der Waals surface area (Å²) in [5.74, 6) is 1.65. The lowest BCUT2D eigenvalue weighted by molar-refractivity contribution is 0.322. The van der Waals surface area contributed by atoms with Crippen LogP contribution in [0.3, 0.4) is 0 Å². The second-order valence-corrected chi connectivity index (χ2v) is 10.4. The molecule has 0 radical (unpaired) electrons. The van der Waals surface area contributed by atoms with Gasteiger partial charge in [-0.3, -0.25) is 0 Å². The number of H-pyrrole nitrogens is 1. The van der Waals surface area contributed by atoms with Crippen molar-refractivity contribution in [1.82, 2.24) is 9.97 Å². The van der Waals surface area contributed by atoms with Gasteiger partial charge in [0.05, 0.1) is 27.7 Å². The third kappa shape index (κ3) is 4.35. The molecule has 3 aromatic heterocycles. The highest BCUT2D eigenvalue weighted by molar-refractivity contribution is 8.02. The number of fused-ring (bicyclic) bond motifs is 1. The number of hydrogen-bond donors (Lipinski definition) is 2. The van der Waals surface area contributed by atoms with Gasteiger partial charge in [-0.05, 0) is 35.5 Å². The van der Waals surface area contributed by atoms with Gasteiger partial charge in [0, 0.05) is 35.0 Å². The maximum absolute atomic E-state index is 8.92. The van der Waals surface area contributed by atoms with Crippen molar-refractivity contribution in [3.8, 4) is 10.7 Å². The van der Waals surface area contributed by atoms with E-state index < -0.39 is 0 Å². The molecule has 0 bridgehead atoms. The minimum absolute atomic E-state index is 0.220. The van der Waals surface area contributed by atoms with Crippen LogP contribution in [0.4, 0.5) is 5.69 Å². The number of aromatic amines is 1. The summed E-state index contributed by atoms with van der Waals surface area (Å²) in [5.41, 5.74) is 3.34. The van der Waals surface area contributed by atoms with Crippen LogP contribution in [-0.2, 0) is 5.75 Å². The molecular weight excluding hydrogens is 414 g/mol. The van der Waals surface area contributed by atoms with Gasteiger partial charge in [0.1, 0.15) is 5.01 Å². The van der Waals surface area contributed by atoms with Gasteiger partial charge < -0.3 is 14.4 Å². The summed E-state index contributed by atoms with van der Waals surface area (Å²) in [6, 6.07) is 12.8. The second-order valence-electron chi connectivity index (χ2n) is 5.85. The molecule has 0 aliphatic carbocycles. The molecule has 4 nitrogen and oxygen atoms in total. The Bertz CT molecular complexity index is 1010. The number of rotatable bonds is 8. The molecule has 8 heteroatoms. The molecule has 0 saturated heterocycles. The fourth-order valence-corrected chi connectivity index (χ4v) is 6.25.